The Labute approximate surface area is 93.0 Å². The maximum atomic E-state index is 9.94. The van der Waals surface area contributed by atoms with Crippen molar-refractivity contribution >= 4 is 0 Å². The van der Waals surface area contributed by atoms with E-state index in [0.717, 1.165) is 11.8 Å². The molecule has 4 atom stereocenters. The minimum atomic E-state index is -0.224. The zero-order valence-corrected chi connectivity index (χ0v) is 9.82. The predicted octanol–water partition coefficient (Wildman–Crippen LogP) is 2.60. The van der Waals surface area contributed by atoms with Gasteiger partial charge in [-0.1, -0.05) is 25.7 Å². The first-order chi connectivity index (χ1) is 7.31. The number of hydrogen-bond donors (Lipinski definition) is 1. The Morgan fingerprint density at radius 1 is 1.13 bits per heavy atom. The Balaban J connectivity index is 1.85. The van der Waals surface area contributed by atoms with E-state index in [2.05, 4.69) is 0 Å². The first-order valence-corrected chi connectivity index (χ1v) is 6.48. The lowest BCUT2D eigenvalue weighted by molar-refractivity contribution is -0.0101. The van der Waals surface area contributed by atoms with Crippen LogP contribution in [0.5, 0.6) is 0 Å². The quantitative estimate of drug-likeness (QED) is 0.779. The number of rotatable bonds is 3. The fourth-order valence-electron chi connectivity index (χ4n) is 3.57. The van der Waals surface area contributed by atoms with E-state index in [1.807, 2.05) is 0 Å². The molecule has 2 aliphatic rings. The molecule has 0 bridgehead atoms. The number of aliphatic hydroxyl groups is 1. The Morgan fingerprint density at radius 2 is 1.87 bits per heavy atom. The Hall–Kier alpha value is -0.0800. The van der Waals surface area contributed by atoms with Crippen molar-refractivity contribution < 1.29 is 9.84 Å². The largest absolute Gasteiger partial charge is 0.390 e. The summed E-state index contributed by atoms with van der Waals surface area (Å²) in [7, 11) is 1.68. The second-order valence-corrected chi connectivity index (χ2v) is 5.40. The van der Waals surface area contributed by atoms with Crippen molar-refractivity contribution in [3.8, 4) is 0 Å². The SMILES string of the molecule is COCC(O)C1CCC2CCCCC2C1. The van der Waals surface area contributed by atoms with Gasteiger partial charge in [-0.3, -0.25) is 0 Å². The van der Waals surface area contributed by atoms with Crippen molar-refractivity contribution in [1.29, 1.82) is 0 Å². The van der Waals surface area contributed by atoms with Crippen molar-refractivity contribution in [2.24, 2.45) is 17.8 Å². The molecule has 88 valence electrons. The van der Waals surface area contributed by atoms with Crippen molar-refractivity contribution in [2.45, 2.75) is 51.0 Å². The zero-order chi connectivity index (χ0) is 10.7. The molecule has 1 N–H and O–H groups in total. The van der Waals surface area contributed by atoms with E-state index in [1.54, 1.807) is 7.11 Å². The molecule has 2 rings (SSSR count). The molecule has 0 aromatic carbocycles. The molecule has 4 unspecified atom stereocenters. The minimum absolute atomic E-state index is 0.224. The third-order valence-electron chi connectivity index (χ3n) is 4.46. The molecule has 2 nitrogen and oxygen atoms in total. The van der Waals surface area contributed by atoms with Gasteiger partial charge in [0.25, 0.3) is 0 Å². The van der Waals surface area contributed by atoms with Gasteiger partial charge in [0.1, 0.15) is 0 Å². The molecule has 15 heavy (non-hydrogen) atoms. The molecule has 2 aliphatic carbocycles. The average Bonchev–Trinajstić information content (AvgIpc) is 2.29. The highest BCUT2D eigenvalue weighted by atomic mass is 16.5. The van der Waals surface area contributed by atoms with Gasteiger partial charge < -0.3 is 9.84 Å². The van der Waals surface area contributed by atoms with E-state index < -0.39 is 0 Å². The van der Waals surface area contributed by atoms with Gasteiger partial charge >= 0.3 is 0 Å². The average molecular weight is 212 g/mol. The zero-order valence-electron chi connectivity index (χ0n) is 9.82. The number of hydrogen-bond acceptors (Lipinski definition) is 2. The van der Waals surface area contributed by atoms with Crippen LogP contribution >= 0.6 is 0 Å². The van der Waals surface area contributed by atoms with E-state index in [-0.39, 0.29) is 6.10 Å². The third kappa shape index (κ3) is 2.73. The highest BCUT2D eigenvalue weighted by Gasteiger charge is 2.34. The Morgan fingerprint density at radius 3 is 2.60 bits per heavy atom. The van der Waals surface area contributed by atoms with E-state index in [9.17, 15) is 5.11 Å². The highest BCUT2D eigenvalue weighted by Crippen LogP contribution is 2.43. The minimum Gasteiger partial charge on any atom is -0.390 e. The number of aliphatic hydroxyl groups excluding tert-OH is 1. The van der Waals surface area contributed by atoms with Crippen LogP contribution in [-0.4, -0.2) is 24.9 Å². The molecule has 0 saturated heterocycles. The third-order valence-corrected chi connectivity index (χ3v) is 4.46. The monoisotopic (exact) mass is 212 g/mol. The summed E-state index contributed by atoms with van der Waals surface area (Å²) >= 11 is 0. The summed E-state index contributed by atoms with van der Waals surface area (Å²) in [6.07, 6.45) is 9.27. The Kier molecular flexibility index (Phi) is 4.04. The van der Waals surface area contributed by atoms with Crippen LogP contribution in [0.1, 0.15) is 44.9 Å². The molecule has 0 aromatic heterocycles. The fourth-order valence-corrected chi connectivity index (χ4v) is 3.57. The predicted molar refractivity (Wildman–Crippen MR) is 60.7 cm³/mol. The second-order valence-electron chi connectivity index (χ2n) is 5.40. The molecule has 2 heteroatoms. The molecule has 0 spiro atoms. The van der Waals surface area contributed by atoms with Crippen LogP contribution in [0.3, 0.4) is 0 Å². The number of ether oxygens (including phenoxy) is 1. The molecule has 0 heterocycles. The summed E-state index contributed by atoms with van der Waals surface area (Å²) < 4.78 is 5.04. The van der Waals surface area contributed by atoms with Crippen molar-refractivity contribution in [3.05, 3.63) is 0 Å². The maximum absolute atomic E-state index is 9.94. The summed E-state index contributed by atoms with van der Waals surface area (Å²) in [5, 5.41) is 9.94. The van der Waals surface area contributed by atoms with Gasteiger partial charge in [-0.15, -0.1) is 0 Å². The summed E-state index contributed by atoms with van der Waals surface area (Å²) in [5.41, 5.74) is 0. The van der Waals surface area contributed by atoms with Gasteiger partial charge in [0, 0.05) is 7.11 Å². The topological polar surface area (TPSA) is 29.5 Å². The summed E-state index contributed by atoms with van der Waals surface area (Å²) in [5.74, 6) is 2.39. The molecule has 0 aromatic rings. The lowest BCUT2D eigenvalue weighted by atomic mass is 9.66. The van der Waals surface area contributed by atoms with Crippen molar-refractivity contribution in [3.63, 3.8) is 0 Å². The summed E-state index contributed by atoms with van der Waals surface area (Å²) in [4.78, 5) is 0. The Bertz CT molecular complexity index is 193. The van der Waals surface area contributed by atoms with Gasteiger partial charge in [0.15, 0.2) is 0 Å². The fraction of sp³-hybridized carbons (Fsp3) is 1.00. The molecule has 2 saturated carbocycles. The highest BCUT2D eigenvalue weighted by molar-refractivity contribution is 4.85. The van der Waals surface area contributed by atoms with Crippen LogP contribution in [0.15, 0.2) is 0 Å². The number of fused-ring (bicyclic) bond motifs is 1. The van der Waals surface area contributed by atoms with E-state index in [1.165, 1.54) is 44.9 Å². The lowest BCUT2D eigenvalue weighted by Crippen LogP contribution is -2.35. The number of methoxy groups -OCH3 is 1. The first kappa shape index (κ1) is 11.4. The van der Waals surface area contributed by atoms with E-state index in [0.29, 0.717) is 12.5 Å². The van der Waals surface area contributed by atoms with Crippen LogP contribution in [-0.2, 0) is 4.74 Å². The molecular weight excluding hydrogens is 188 g/mol. The molecule has 0 aliphatic heterocycles. The van der Waals surface area contributed by atoms with Gasteiger partial charge in [-0.25, -0.2) is 0 Å². The van der Waals surface area contributed by atoms with Gasteiger partial charge in [0.05, 0.1) is 12.7 Å². The molecule has 2 fully saturated rings. The lowest BCUT2D eigenvalue weighted by Gasteiger charge is -2.40. The van der Waals surface area contributed by atoms with E-state index >= 15 is 0 Å². The molecule has 0 radical (unpaired) electrons. The smallest absolute Gasteiger partial charge is 0.0801 e. The van der Waals surface area contributed by atoms with Gasteiger partial charge in [0.2, 0.25) is 0 Å². The normalized spacial score (nSPS) is 38.4. The molecular formula is C13H24O2. The van der Waals surface area contributed by atoms with Crippen LogP contribution in [0, 0.1) is 17.8 Å². The van der Waals surface area contributed by atoms with Crippen LogP contribution < -0.4 is 0 Å². The van der Waals surface area contributed by atoms with Gasteiger partial charge in [-0.2, -0.15) is 0 Å². The van der Waals surface area contributed by atoms with Crippen LogP contribution in [0.2, 0.25) is 0 Å². The van der Waals surface area contributed by atoms with Gasteiger partial charge in [-0.05, 0) is 37.0 Å². The standard InChI is InChI=1S/C13H24O2/c1-15-9-13(14)12-7-6-10-4-2-3-5-11(10)8-12/h10-14H,2-9H2,1H3. The first-order valence-electron chi connectivity index (χ1n) is 6.48. The maximum Gasteiger partial charge on any atom is 0.0801 e. The molecule has 0 amide bonds. The van der Waals surface area contributed by atoms with Crippen LogP contribution in [0.25, 0.3) is 0 Å². The summed E-state index contributed by atoms with van der Waals surface area (Å²) in [6.45, 7) is 0.516. The van der Waals surface area contributed by atoms with Crippen LogP contribution in [0.4, 0.5) is 0 Å². The van der Waals surface area contributed by atoms with Crippen molar-refractivity contribution in [2.75, 3.05) is 13.7 Å². The summed E-state index contributed by atoms with van der Waals surface area (Å²) in [6, 6.07) is 0. The van der Waals surface area contributed by atoms with E-state index in [4.69, 9.17) is 4.74 Å². The second kappa shape index (κ2) is 5.31. The van der Waals surface area contributed by atoms with Crippen molar-refractivity contribution in [1.82, 2.24) is 0 Å².